The van der Waals surface area contributed by atoms with E-state index >= 15 is 0 Å². The summed E-state index contributed by atoms with van der Waals surface area (Å²) < 4.78 is 2.03. The first-order chi connectivity index (χ1) is 9.79. The third-order valence-corrected chi connectivity index (χ3v) is 3.66. The van der Waals surface area contributed by atoms with Gasteiger partial charge in [-0.3, -0.25) is 4.68 Å². The molecule has 104 valence electrons. The molecule has 0 aliphatic carbocycles. The van der Waals surface area contributed by atoms with Gasteiger partial charge in [0.2, 0.25) is 0 Å². The fourth-order valence-corrected chi connectivity index (χ4v) is 2.44. The molecule has 5 nitrogen and oxygen atoms in total. The standard InChI is InChI=1S/C15H19N5/c1-3-4-5-11(2)20-9-12(8-19-20)14-13-6-7-16-15(13)18-10-17-14/h6-11H,3-5H2,1-2H3,(H,16,17,18). The Balaban J connectivity index is 1.92. The van der Waals surface area contributed by atoms with Gasteiger partial charge in [-0.15, -0.1) is 0 Å². The number of H-pyrrole nitrogens is 1. The van der Waals surface area contributed by atoms with Crippen LogP contribution in [0, 0.1) is 0 Å². The van der Waals surface area contributed by atoms with Gasteiger partial charge in [0.25, 0.3) is 0 Å². The van der Waals surface area contributed by atoms with Gasteiger partial charge in [0, 0.05) is 29.4 Å². The maximum atomic E-state index is 4.48. The van der Waals surface area contributed by atoms with E-state index in [1.54, 1.807) is 6.33 Å². The summed E-state index contributed by atoms with van der Waals surface area (Å²) >= 11 is 0. The Hall–Kier alpha value is -2.17. The van der Waals surface area contributed by atoms with Crippen molar-refractivity contribution in [3.8, 4) is 11.3 Å². The second-order valence-corrected chi connectivity index (χ2v) is 5.16. The van der Waals surface area contributed by atoms with Gasteiger partial charge in [-0.1, -0.05) is 19.8 Å². The minimum Gasteiger partial charge on any atom is -0.346 e. The van der Waals surface area contributed by atoms with Crippen molar-refractivity contribution in [2.24, 2.45) is 0 Å². The van der Waals surface area contributed by atoms with Crippen molar-refractivity contribution in [3.63, 3.8) is 0 Å². The van der Waals surface area contributed by atoms with E-state index in [0.29, 0.717) is 6.04 Å². The molecule has 0 saturated carbocycles. The Morgan fingerprint density at radius 3 is 3.10 bits per heavy atom. The van der Waals surface area contributed by atoms with Crippen LogP contribution in [0.1, 0.15) is 39.2 Å². The van der Waals surface area contributed by atoms with Gasteiger partial charge in [0.05, 0.1) is 11.9 Å². The lowest BCUT2D eigenvalue weighted by atomic mass is 10.1. The minimum atomic E-state index is 0.423. The molecule has 3 rings (SSSR count). The van der Waals surface area contributed by atoms with Crippen LogP contribution in [0.2, 0.25) is 0 Å². The lowest BCUT2D eigenvalue weighted by molar-refractivity contribution is 0.444. The Kier molecular flexibility index (Phi) is 3.50. The summed E-state index contributed by atoms with van der Waals surface area (Å²) in [6.45, 7) is 4.42. The van der Waals surface area contributed by atoms with Crippen molar-refractivity contribution in [1.29, 1.82) is 0 Å². The molecule has 5 heteroatoms. The topological polar surface area (TPSA) is 59.4 Å². The SMILES string of the molecule is CCCCC(C)n1cc(-c2ncnc3[nH]ccc23)cn1. The van der Waals surface area contributed by atoms with E-state index in [4.69, 9.17) is 0 Å². The number of rotatable bonds is 5. The molecule has 0 amide bonds. The van der Waals surface area contributed by atoms with Crippen LogP contribution >= 0.6 is 0 Å². The molecule has 0 bridgehead atoms. The third-order valence-electron chi connectivity index (χ3n) is 3.66. The van der Waals surface area contributed by atoms with E-state index in [1.807, 2.05) is 23.1 Å². The van der Waals surface area contributed by atoms with Crippen LogP contribution < -0.4 is 0 Å². The average molecular weight is 269 g/mol. The number of fused-ring (bicyclic) bond motifs is 1. The van der Waals surface area contributed by atoms with Gasteiger partial charge >= 0.3 is 0 Å². The Morgan fingerprint density at radius 2 is 2.25 bits per heavy atom. The first kappa shape index (κ1) is 12.8. The quantitative estimate of drug-likeness (QED) is 0.770. The predicted octanol–water partition coefficient (Wildman–Crippen LogP) is 3.57. The van der Waals surface area contributed by atoms with Gasteiger partial charge < -0.3 is 4.98 Å². The summed E-state index contributed by atoms with van der Waals surface area (Å²) in [5, 5.41) is 5.52. The number of nitrogens with zero attached hydrogens (tertiary/aromatic N) is 4. The second kappa shape index (κ2) is 5.45. The van der Waals surface area contributed by atoms with Crippen molar-refractivity contribution in [3.05, 3.63) is 31.0 Å². The zero-order valence-corrected chi connectivity index (χ0v) is 11.9. The number of unbranched alkanes of at least 4 members (excludes halogenated alkanes) is 1. The molecule has 3 aromatic heterocycles. The zero-order chi connectivity index (χ0) is 13.9. The number of aromatic amines is 1. The molecule has 3 aromatic rings. The number of nitrogens with one attached hydrogen (secondary N) is 1. The summed E-state index contributed by atoms with van der Waals surface area (Å²) in [6.07, 6.45) is 11.0. The van der Waals surface area contributed by atoms with Crippen molar-refractivity contribution in [2.75, 3.05) is 0 Å². The van der Waals surface area contributed by atoms with E-state index in [1.165, 1.54) is 12.8 Å². The van der Waals surface area contributed by atoms with Gasteiger partial charge in [0.1, 0.15) is 12.0 Å². The van der Waals surface area contributed by atoms with Crippen LogP contribution in [0.4, 0.5) is 0 Å². The maximum Gasteiger partial charge on any atom is 0.141 e. The summed E-state index contributed by atoms with van der Waals surface area (Å²) in [6, 6.07) is 2.43. The smallest absolute Gasteiger partial charge is 0.141 e. The number of aromatic nitrogens is 5. The average Bonchev–Trinajstić information content (AvgIpc) is 3.12. The molecule has 1 unspecified atom stereocenters. The fraction of sp³-hybridized carbons (Fsp3) is 0.400. The molecule has 0 fully saturated rings. The van der Waals surface area contributed by atoms with E-state index in [-0.39, 0.29) is 0 Å². The molecule has 3 heterocycles. The molecule has 0 radical (unpaired) electrons. The Labute approximate surface area is 118 Å². The van der Waals surface area contributed by atoms with Gasteiger partial charge in [0.15, 0.2) is 0 Å². The maximum absolute atomic E-state index is 4.48. The minimum absolute atomic E-state index is 0.423. The molecular weight excluding hydrogens is 250 g/mol. The monoisotopic (exact) mass is 269 g/mol. The summed E-state index contributed by atoms with van der Waals surface area (Å²) in [5.74, 6) is 0. The third kappa shape index (κ3) is 2.31. The molecule has 1 N–H and O–H groups in total. The van der Waals surface area contributed by atoms with Crippen LogP contribution in [-0.4, -0.2) is 24.7 Å². The normalized spacial score (nSPS) is 12.9. The van der Waals surface area contributed by atoms with Crippen molar-refractivity contribution >= 4 is 11.0 Å². The molecule has 1 atom stereocenters. The van der Waals surface area contributed by atoms with Gasteiger partial charge in [-0.05, 0) is 19.4 Å². The van der Waals surface area contributed by atoms with Crippen LogP contribution in [0.5, 0.6) is 0 Å². The highest BCUT2D eigenvalue weighted by atomic mass is 15.3. The first-order valence-electron chi connectivity index (χ1n) is 7.12. The Morgan fingerprint density at radius 1 is 1.35 bits per heavy atom. The molecule has 0 saturated heterocycles. The van der Waals surface area contributed by atoms with E-state index in [9.17, 15) is 0 Å². The second-order valence-electron chi connectivity index (χ2n) is 5.16. The fourth-order valence-electron chi connectivity index (χ4n) is 2.44. The molecule has 0 spiro atoms. The summed E-state index contributed by atoms with van der Waals surface area (Å²) in [4.78, 5) is 11.7. The van der Waals surface area contributed by atoms with Crippen molar-refractivity contribution in [1.82, 2.24) is 24.7 Å². The number of hydrogen-bond donors (Lipinski definition) is 1. The lowest BCUT2D eigenvalue weighted by Gasteiger charge is -2.10. The van der Waals surface area contributed by atoms with Gasteiger partial charge in [-0.25, -0.2) is 9.97 Å². The first-order valence-corrected chi connectivity index (χ1v) is 7.12. The molecule has 0 aromatic carbocycles. The van der Waals surface area contributed by atoms with Crippen LogP contribution in [0.3, 0.4) is 0 Å². The molecule has 0 aliphatic heterocycles. The van der Waals surface area contributed by atoms with Crippen LogP contribution in [0.25, 0.3) is 22.3 Å². The summed E-state index contributed by atoms with van der Waals surface area (Å²) in [7, 11) is 0. The van der Waals surface area contributed by atoms with Crippen LogP contribution in [-0.2, 0) is 0 Å². The summed E-state index contributed by atoms with van der Waals surface area (Å²) in [5.41, 5.74) is 2.84. The van der Waals surface area contributed by atoms with Crippen molar-refractivity contribution < 1.29 is 0 Å². The van der Waals surface area contributed by atoms with Crippen LogP contribution in [0.15, 0.2) is 31.0 Å². The molecule has 20 heavy (non-hydrogen) atoms. The predicted molar refractivity (Wildman–Crippen MR) is 79.3 cm³/mol. The van der Waals surface area contributed by atoms with Gasteiger partial charge in [-0.2, -0.15) is 5.10 Å². The highest BCUT2D eigenvalue weighted by Gasteiger charge is 2.11. The highest BCUT2D eigenvalue weighted by Crippen LogP contribution is 2.25. The highest BCUT2D eigenvalue weighted by molar-refractivity contribution is 5.89. The molecule has 0 aliphatic rings. The van der Waals surface area contributed by atoms with E-state index in [2.05, 4.69) is 40.1 Å². The molecular formula is C15H19N5. The van der Waals surface area contributed by atoms with E-state index in [0.717, 1.165) is 28.7 Å². The Bertz CT molecular complexity index is 697. The largest absolute Gasteiger partial charge is 0.346 e. The zero-order valence-electron chi connectivity index (χ0n) is 11.9. The van der Waals surface area contributed by atoms with Crippen molar-refractivity contribution in [2.45, 2.75) is 39.2 Å². The van der Waals surface area contributed by atoms with E-state index < -0.39 is 0 Å². The number of hydrogen-bond acceptors (Lipinski definition) is 3. The lowest BCUT2D eigenvalue weighted by Crippen LogP contribution is -2.05.